The predicted molar refractivity (Wildman–Crippen MR) is 66.9 cm³/mol. The van der Waals surface area contributed by atoms with Crippen LogP contribution in [-0.4, -0.2) is 19.3 Å². The van der Waals surface area contributed by atoms with E-state index in [1.165, 1.54) is 4.90 Å². The molecule has 0 atom stereocenters. The summed E-state index contributed by atoms with van der Waals surface area (Å²) in [6, 6.07) is 2.22. The quantitative estimate of drug-likeness (QED) is 0.574. The molecule has 2 rings (SSSR count). The van der Waals surface area contributed by atoms with Gasteiger partial charge >= 0.3 is 6.18 Å². The fourth-order valence-electron chi connectivity index (χ4n) is 2.43. The third-order valence-electron chi connectivity index (χ3n) is 3.51. The molecule has 7 heteroatoms. The first kappa shape index (κ1) is 15.4. The molecule has 0 aromatic heterocycles. The van der Waals surface area contributed by atoms with Crippen LogP contribution in [0.1, 0.15) is 18.4 Å². The molecule has 0 aliphatic carbocycles. The molecule has 0 bridgehead atoms. The first-order valence-corrected chi connectivity index (χ1v) is 6.72. The van der Waals surface area contributed by atoms with Crippen molar-refractivity contribution in [2.75, 3.05) is 18.0 Å². The van der Waals surface area contributed by atoms with E-state index in [0.29, 0.717) is 5.56 Å². The molecule has 1 aliphatic rings. The van der Waals surface area contributed by atoms with Crippen molar-refractivity contribution >= 4 is 17.3 Å². The second-order valence-corrected chi connectivity index (χ2v) is 5.11. The van der Waals surface area contributed by atoms with Gasteiger partial charge in [0.1, 0.15) is 17.3 Å². The van der Waals surface area contributed by atoms with Gasteiger partial charge < -0.3 is 4.90 Å². The minimum Gasteiger partial charge on any atom is -0.367 e. The van der Waals surface area contributed by atoms with Gasteiger partial charge in [-0.05, 0) is 30.5 Å². The summed E-state index contributed by atoms with van der Waals surface area (Å²) in [6.07, 6.45) is -4.55. The zero-order valence-corrected chi connectivity index (χ0v) is 11.2. The van der Waals surface area contributed by atoms with Gasteiger partial charge in [0.05, 0.1) is 5.92 Å². The van der Waals surface area contributed by atoms with Crippen LogP contribution in [0.3, 0.4) is 0 Å². The summed E-state index contributed by atoms with van der Waals surface area (Å²) in [5.41, 5.74) is 0.0371. The summed E-state index contributed by atoms with van der Waals surface area (Å²) in [7, 11) is 0. The van der Waals surface area contributed by atoms with Gasteiger partial charge in [0.25, 0.3) is 0 Å². The zero-order chi connectivity index (χ0) is 14.9. The van der Waals surface area contributed by atoms with Crippen molar-refractivity contribution in [3.8, 4) is 0 Å². The van der Waals surface area contributed by atoms with Crippen LogP contribution in [0.4, 0.5) is 27.6 Å². The highest BCUT2D eigenvalue weighted by atomic mass is 35.5. The van der Waals surface area contributed by atoms with E-state index >= 15 is 0 Å². The lowest BCUT2D eigenvalue weighted by Crippen LogP contribution is -2.39. The molecule has 0 saturated carbocycles. The molecule has 0 spiro atoms. The highest BCUT2D eigenvalue weighted by Crippen LogP contribution is 2.36. The SMILES string of the molecule is Fc1cc(CCl)cc(F)c1N1CCC(C(F)(F)F)CC1. The van der Waals surface area contributed by atoms with Crippen molar-refractivity contribution in [2.24, 2.45) is 5.92 Å². The van der Waals surface area contributed by atoms with Gasteiger partial charge in [-0.15, -0.1) is 11.6 Å². The molecule has 1 aliphatic heterocycles. The summed E-state index contributed by atoms with van der Waals surface area (Å²) in [4.78, 5) is 1.32. The maximum atomic E-state index is 13.9. The monoisotopic (exact) mass is 313 g/mol. The summed E-state index contributed by atoms with van der Waals surface area (Å²) >= 11 is 5.51. The van der Waals surface area contributed by atoms with Crippen molar-refractivity contribution in [3.05, 3.63) is 29.3 Å². The third-order valence-corrected chi connectivity index (χ3v) is 3.81. The van der Waals surface area contributed by atoms with Crippen molar-refractivity contribution in [1.29, 1.82) is 0 Å². The number of halogens is 6. The molecular weight excluding hydrogens is 301 g/mol. The van der Waals surface area contributed by atoms with Crippen molar-refractivity contribution in [1.82, 2.24) is 0 Å². The summed E-state index contributed by atoms with van der Waals surface area (Å²) in [5, 5.41) is 0. The average Bonchev–Trinajstić information content (AvgIpc) is 2.37. The van der Waals surface area contributed by atoms with Gasteiger partial charge in [-0.2, -0.15) is 13.2 Å². The second-order valence-electron chi connectivity index (χ2n) is 4.84. The fraction of sp³-hybridized carbons (Fsp3) is 0.538. The van der Waals surface area contributed by atoms with Crippen LogP contribution in [-0.2, 0) is 5.88 Å². The molecule has 1 nitrogen and oxygen atoms in total. The molecule has 1 fully saturated rings. The molecule has 0 unspecified atom stereocenters. The number of hydrogen-bond acceptors (Lipinski definition) is 1. The van der Waals surface area contributed by atoms with Gasteiger partial charge in [0, 0.05) is 19.0 Å². The molecule has 1 aromatic rings. The lowest BCUT2D eigenvalue weighted by Gasteiger charge is -2.34. The van der Waals surface area contributed by atoms with Crippen LogP contribution < -0.4 is 4.90 Å². The normalized spacial score (nSPS) is 17.6. The number of hydrogen-bond donors (Lipinski definition) is 0. The maximum absolute atomic E-state index is 13.9. The zero-order valence-electron chi connectivity index (χ0n) is 10.5. The van der Waals surface area contributed by atoms with Gasteiger partial charge in [-0.1, -0.05) is 0 Å². The van der Waals surface area contributed by atoms with E-state index in [1.807, 2.05) is 0 Å². The molecule has 112 valence electrons. The first-order valence-electron chi connectivity index (χ1n) is 6.18. The van der Waals surface area contributed by atoms with Crippen LogP contribution in [0.2, 0.25) is 0 Å². The maximum Gasteiger partial charge on any atom is 0.391 e. The van der Waals surface area contributed by atoms with E-state index in [9.17, 15) is 22.0 Å². The topological polar surface area (TPSA) is 3.24 Å². The molecule has 0 radical (unpaired) electrons. The highest BCUT2D eigenvalue weighted by Gasteiger charge is 2.41. The Hall–Kier alpha value is -1.04. The Morgan fingerprint density at radius 2 is 1.60 bits per heavy atom. The number of alkyl halides is 4. The standard InChI is InChI=1S/C13H13ClF5N/c14-7-8-5-10(15)12(11(16)6-8)20-3-1-9(2-4-20)13(17,18)19/h5-6,9H,1-4,7H2. The smallest absolute Gasteiger partial charge is 0.367 e. The van der Waals surface area contributed by atoms with Gasteiger partial charge in [0.2, 0.25) is 0 Å². The first-order chi connectivity index (χ1) is 9.32. The van der Waals surface area contributed by atoms with Crippen LogP contribution in [0, 0.1) is 17.6 Å². The molecule has 1 heterocycles. The largest absolute Gasteiger partial charge is 0.391 e. The van der Waals surface area contributed by atoms with Crippen molar-refractivity contribution < 1.29 is 22.0 Å². The number of anilines is 1. The fourth-order valence-corrected chi connectivity index (χ4v) is 2.58. The molecule has 20 heavy (non-hydrogen) atoms. The van der Waals surface area contributed by atoms with Crippen molar-refractivity contribution in [2.45, 2.75) is 24.9 Å². The summed E-state index contributed by atoms with van der Waals surface area (Å²) < 4.78 is 65.3. The Kier molecular flexibility index (Phi) is 4.42. The van der Waals surface area contributed by atoms with Crippen LogP contribution >= 0.6 is 11.6 Å². The minimum atomic E-state index is -4.24. The van der Waals surface area contributed by atoms with E-state index < -0.39 is 23.7 Å². The van der Waals surface area contributed by atoms with E-state index in [4.69, 9.17) is 11.6 Å². The molecular formula is C13H13ClF5N. The average molecular weight is 314 g/mol. The van der Waals surface area contributed by atoms with Crippen LogP contribution in [0.25, 0.3) is 0 Å². The van der Waals surface area contributed by atoms with E-state index in [1.54, 1.807) is 0 Å². The molecule has 0 N–H and O–H groups in total. The van der Waals surface area contributed by atoms with Crippen LogP contribution in [0.5, 0.6) is 0 Å². The predicted octanol–water partition coefficient (Wildman–Crippen LogP) is 4.48. The number of rotatable bonds is 2. The summed E-state index contributed by atoms with van der Waals surface area (Å²) in [6.45, 7) is -0.0313. The lowest BCUT2D eigenvalue weighted by molar-refractivity contribution is -0.179. The summed E-state index contributed by atoms with van der Waals surface area (Å²) in [5.74, 6) is -2.99. The van der Waals surface area contributed by atoms with Gasteiger partial charge in [0.15, 0.2) is 0 Å². The molecule has 0 amide bonds. The number of piperidine rings is 1. The van der Waals surface area contributed by atoms with Gasteiger partial charge in [-0.3, -0.25) is 0 Å². The van der Waals surface area contributed by atoms with E-state index in [-0.39, 0.29) is 37.5 Å². The van der Waals surface area contributed by atoms with Crippen LogP contribution in [0.15, 0.2) is 12.1 Å². The van der Waals surface area contributed by atoms with Crippen molar-refractivity contribution in [3.63, 3.8) is 0 Å². The van der Waals surface area contributed by atoms with E-state index in [2.05, 4.69) is 0 Å². The Bertz CT molecular complexity index is 457. The Balaban J connectivity index is 2.15. The van der Waals surface area contributed by atoms with Gasteiger partial charge in [-0.25, -0.2) is 8.78 Å². The minimum absolute atomic E-state index is 0.0156. The molecule has 1 aromatic carbocycles. The Morgan fingerprint density at radius 3 is 2.00 bits per heavy atom. The second kappa shape index (κ2) is 5.76. The number of benzene rings is 1. The Morgan fingerprint density at radius 1 is 1.10 bits per heavy atom. The third kappa shape index (κ3) is 3.16. The Labute approximate surface area is 118 Å². The number of nitrogens with zero attached hydrogens (tertiary/aromatic N) is 1. The highest BCUT2D eigenvalue weighted by molar-refractivity contribution is 6.17. The van der Waals surface area contributed by atoms with E-state index in [0.717, 1.165) is 12.1 Å². The lowest BCUT2D eigenvalue weighted by atomic mass is 9.95. The molecule has 1 saturated heterocycles.